The van der Waals surface area contributed by atoms with Crippen LogP contribution in [0.15, 0.2) is 52.1 Å². The third kappa shape index (κ3) is 5.55. The van der Waals surface area contributed by atoms with Crippen molar-refractivity contribution in [3.8, 4) is 11.4 Å². The minimum absolute atomic E-state index is 0.0394. The molecule has 0 aliphatic carbocycles. The number of carbonyl (C=O) groups excluding carboxylic acids is 2. The second kappa shape index (κ2) is 9.52. The SMILES string of the molecule is COc1ccc(C)cc1-n1nnnc1SCC(=O)NC(=O)Nc1ccc(Br)cc1. The van der Waals surface area contributed by atoms with Gasteiger partial charge in [-0.2, -0.15) is 4.68 Å². The van der Waals surface area contributed by atoms with Crippen molar-refractivity contribution in [3.63, 3.8) is 0 Å². The van der Waals surface area contributed by atoms with Crippen LogP contribution >= 0.6 is 27.7 Å². The van der Waals surface area contributed by atoms with Crippen molar-refractivity contribution in [3.05, 3.63) is 52.5 Å². The first kappa shape index (κ1) is 20.8. The Morgan fingerprint density at radius 1 is 1.21 bits per heavy atom. The molecule has 3 aromatic rings. The number of halogens is 1. The van der Waals surface area contributed by atoms with Crippen molar-refractivity contribution in [2.75, 3.05) is 18.2 Å². The van der Waals surface area contributed by atoms with Crippen LogP contribution in [0.1, 0.15) is 5.56 Å². The summed E-state index contributed by atoms with van der Waals surface area (Å²) < 4.78 is 7.74. The van der Waals surface area contributed by atoms with Gasteiger partial charge < -0.3 is 10.1 Å². The first-order valence-electron chi connectivity index (χ1n) is 8.39. The van der Waals surface area contributed by atoms with E-state index in [0.717, 1.165) is 21.8 Å². The molecule has 0 bridgehead atoms. The molecule has 0 fully saturated rings. The predicted molar refractivity (Wildman–Crippen MR) is 112 cm³/mol. The largest absolute Gasteiger partial charge is 0.494 e. The number of amides is 3. The van der Waals surface area contributed by atoms with Crippen LogP contribution in [0.3, 0.4) is 0 Å². The summed E-state index contributed by atoms with van der Waals surface area (Å²) in [6.07, 6.45) is 0. The van der Waals surface area contributed by atoms with Gasteiger partial charge in [-0.1, -0.05) is 33.8 Å². The lowest BCUT2D eigenvalue weighted by atomic mass is 10.2. The Labute approximate surface area is 179 Å². The molecule has 9 nitrogen and oxygen atoms in total. The second-order valence-corrected chi connectivity index (χ2v) is 7.70. The van der Waals surface area contributed by atoms with E-state index in [0.29, 0.717) is 22.3 Å². The Hall–Kier alpha value is -2.92. The molecule has 3 amide bonds. The van der Waals surface area contributed by atoms with Crippen LogP contribution in [0.2, 0.25) is 0 Å². The van der Waals surface area contributed by atoms with Gasteiger partial charge in [0.2, 0.25) is 11.1 Å². The number of aromatic nitrogens is 4. The van der Waals surface area contributed by atoms with E-state index in [2.05, 4.69) is 42.1 Å². The Morgan fingerprint density at radius 2 is 1.97 bits per heavy atom. The number of tetrazole rings is 1. The van der Waals surface area contributed by atoms with Gasteiger partial charge in [-0.25, -0.2) is 4.79 Å². The van der Waals surface area contributed by atoms with E-state index in [4.69, 9.17) is 4.74 Å². The minimum Gasteiger partial charge on any atom is -0.494 e. The lowest BCUT2D eigenvalue weighted by Crippen LogP contribution is -2.35. The lowest BCUT2D eigenvalue weighted by Gasteiger charge is -2.10. The van der Waals surface area contributed by atoms with Crippen molar-refractivity contribution in [1.29, 1.82) is 0 Å². The van der Waals surface area contributed by atoms with Crippen molar-refractivity contribution >= 4 is 45.3 Å². The Morgan fingerprint density at radius 3 is 2.69 bits per heavy atom. The van der Waals surface area contributed by atoms with Crippen molar-refractivity contribution < 1.29 is 14.3 Å². The van der Waals surface area contributed by atoms with E-state index in [1.807, 2.05) is 25.1 Å². The monoisotopic (exact) mass is 476 g/mol. The highest BCUT2D eigenvalue weighted by atomic mass is 79.9. The number of hydrogen-bond acceptors (Lipinski definition) is 7. The molecule has 0 saturated carbocycles. The van der Waals surface area contributed by atoms with Gasteiger partial charge in [-0.15, -0.1) is 5.10 Å². The van der Waals surface area contributed by atoms with E-state index in [9.17, 15) is 9.59 Å². The second-order valence-electron chi connectivity index (χ2n) is 5.85. The number of ether oxygens (including phenoxy) is 1. The molecule has 11 heteroatoms. The van der Waals surface area contributed by atoms with Crippen LogP contribution in [0, 0.1) is 6.92 Å². The summed E-state index contributed by atoms with van der Waals surface area (Å²) in [5.74, 6) is 0.0841. The number of methoxy groups -OCH3 is 1. The first-order valence-corrected chi connectivity index (χ1v) is 10.2. The summed E-state index contributed by atoms with van der Waals surface area (Å²) in [5.41, 5.74) is 2.24. The van der Waals surface area contributed by atoms with Gasteiger partial charge in [0.05, 0.1) is 12.9 Å². The number of nitrogens with zero attached hydrogens (tertiary/aromatic N) is 4. The average Bonchev–Trinajstić information content (AvgIpc) is 3.16. The van der Waals surface area contributed by atoms with E-state index in [1.54, 1.807) is 31.4 Å². The van der Waals surface area contributed by atoms with Crippen LogP contribution in [0.5, 0.6) is 5.75 Å². The molecule has 3 rings (SSSR count). The van der Waals surface area contributed by atoms with Crippen molar-refractivity contribution in [2.24, 2.45) is 0 Å². The maximum Gasteiger partial charge on any atom is 0.325 e. The van der Waals surface area contributed by atoms with E-state index in [-0.39, 0.29) is 5.75 Å². The molecule has 0 spiro atoms. The van der Waals surface area contributed by atoms with Gasteiger partial charge in [-0.05, 0) is 59.3 Å². The molecule has 0 radical (unpaired) electrons. The highest BCUT2D eigenvalue weighted by Crippen LogP contribution is 2.26. The van der Waals surface area contributed by atoms with E-state index < -0.39 is 11.9 Å². The Bertz CT molecular complexity index is 1020. The van der Waals surface area contributed by atoms with E-state index >= 15 is 0 Å². The third-order valence-corrected chi connectivity index (χ3v) is 5.14. The molecule has 0 aliphatic rings. The summed E-state index contributed by atoms with van der Waals surface area (Å²) >= 11 is 4.42. The first-order chi connectivity index (χ1) is 14.0. The topological polar surface area (TPSA) is 111 Å². The van der Waals surface area contributed by atoms with Crippen LogP contribution < -0.4 is 15.4 Å². The fraction of sp³-hybridized carbons (Fsp3) is 0.167. The standard InChI is InChI=1S/C18H17BrN6O3S/c1-11-3-8-15(28-2)14(9-11)25-18(22-23-24-25)29-10-16(26)21-17(27)20-13-6-4-12(19)5-7-13/h3-9H,10H2,1-2H3,(H2,20,21,26,27). The van der Waals surface area contributed by atoms with Crippen molar-refractivity contribution in [2.45, 2.75) is 12.1 Å². The number of hydrogen-bond donors (Lipinski definition) is 2. The van der Waals surface area contributed by atoms with Crippen molar-refractivity contribution in [1.82, 2.24) is 25.5 Å². The third-order valence-electron chi connectivity index (χ3n) is 3.69. The van der Waals surface area contributed by atoms with Gasteiger partial charge in [0, 0.05) is 10.2 Å². The number of anilines is 1. The summed E-state index contributed by atoms with van der Waals surface area (Å²) in [7, 11) is 1.56. The van der Waals surface area contributed by atoms with Crippen LogP contribution in [0.25, 0.3) is 5.69 Å². The molecule has 0 unspecified atom stereocenters. The van der Waals surface area contributed by atoms with Crippen LogP contribution in [0.4, 0.5) is 10.5 Å². The molecule has 150 valence electrons. The summed E-state index contributed by atoms with van der Waals surface area (Å²) in [6.45, 7) is 1.94. The quantitative estimate of drug-likeness (QED) is 0.525. The normalized spacial score (nSPS) is 10.4. The highest BCUT2D eigenvalue weighted by molar-refractivity contribution is 9.10. The Balaban J connectivity index is 1.60. The maximum absolute atomic E-state index is 12.1. The number of benzene rings is 2. The molecule has 29 heavy (non-hydrogen) atoms. The van der Waals surface area contributed by atoms with Crippen LogP contribution in [-0.2, 0) is 4.79 Å². The van der Waals surface area contributed by atoms with Crippen LogP contribution in [-0.4, -0.2) is 45.0 Å². The molecule has 1 heterocycles. The molecular weight excluding hydrogens is 460 g/mol. The Kier molecular flexibility index (Phi) is 6.83. The van der Waals surface area contributed by atoms with Gasteiger partial charge in [-0.3, -0.25) is 10.1 Å². The molecular formula is C18H17BrN6O3S. The molecule has 2 N–H and O–H groups in total. The smallest absolute Gasteiger partial charge is 0.325 e. The number of carbonyl (C=O) groups is 2. The number of urea groups is 1. The number of nitrogens with one attached hydrogen (secondary N) is 2. The number of thioether (sulfide) groups is 1. The molecule has 0 atom stereocenters. The van der Waals surface area contributed by atoms with Gasteiger partial charge in [0.25, 0.3) is 0 Å². The zero-order valence-electron chi connectivity index (χ0n) is 15.5. The van der Waals surface area contributed by atoms with Gasteiger partial charge in [0.1, 0.15) is 11.4 Å². The number of aryl methyl sites for hydroxylation is 1. The number of rotatable bonds is 6. The molecule has 0 saturated heterocycles. The summed E-state index contributed by atoms with van der Waals surface area (Å²) in [5, 5.41) is 16.9. The van der Waals surface area contributed by atoms with Gasteiger partial charge in [0.15, 0.2) is 0 Å². The number of imide groups is 1. The molecule has 0 aliphatic heterocycles. The molecule has 1 aromatic heterocycles. The lowest BCUT2D eigenvalue weighted by molar-refractivity contribution is -0.117. The maximum atomic E-state index is 12.1. The zero-order chi connectivity index (χ0) is 20.8. The summed E-state index contributed by atoms with van der Waals surface area (Å²) in [6, 6.07) is 12.0. The summed E-state index contributed by atoms with van der Waals surface area (Å²) in [4.78, 5) is 24.1. The van der Waals surface area contributed by atoms with Gasteiger partial charge >= 0.3 is 6.03 Å². The molecule has 2 aromatic carbocycles. The minimum atomic E-state index is -0.613. The van der Waals surface area contributed by atoms with E-state index in [1.165, 1.54) is 4.68 Å². The fourth-order valence-electron chi connectivity index (χ4n) is 2.37. The average molecular weight is 477 g/mol. The predicted octanol–water partition coefficient (Wildman–Crippen LogP) is 3.18. The highest BCUT2D eigenvalue weighted by Gasteiger charge is 2.16. The zero-order valence-corrected chi connectivity index (χ0v) is 18.0. The fourth-order valence-corrected chi connectivity index (χ4v) is 3.32.